The van der Waals surface area contributed by atoms with Gasteiger partial charge in [0.05, 0.1) is 5.33 Å². The summed E-state index contributed by atoms with van der Waals surface area (Å²) in [5, 5.41) is 11.4. The summed E-state index contributed by atoms with van der Waals surface area (Å²) in [6, 6.07) is 0. The van der Waals surface area contributed by atoms with Crippen molar-refractivity contribution in [1.82, 2.24) is 0 Å². The van der Waals surface area contributed by atoms with Crippen LogP contribution in [0.15, 0.2) is 11.6 Å². The summed E-state index contributed by atoms with van der Waals surface area (Å²) in [6.07, 6.45) is 6.31. The van der Waals surface area contributed by atoms with Crippen molar-refractivity contribution in [3.8, 4) is 0 Å². The van der Waals surface area contributed by atoms with Crippen LogP contribution in [0, 0.1) is 28.6 Å². The van der Waals surface area contributed by atoms with E-state index >= 15 is 0 Å². The summed E-state index contributed by atoms with van der Waals surface area (Å²) in [7, 11) is 0. The van der Waals surface area contributed by atoms with Gasteiger partial charge in [-0.1, -0.05) is 35.4 Å². The molecule has 4 rings (SSSR count). The van der Waals surface area contributed by atoms with Gasteiger partial charge < -0.3 is 5.11 Å². The zero-order valence-electron chi connectivity index (χ0n) is 15.5. The van der Waals surface area contributed by atoms with Gasteiger partial charge in [0.2, 0.25) is 0 Å². The molecule has 0 aromatic carbocycles. The Morgan fingerprint density at radius 3 is 2.65 bits per heavy atom. The molecule has 3 saturated carbocycles. The molecule has 4 nitrogen and oxygen atoms in total. The fraction of sp³-hybridized carbons (Fsp3) is 0.762. The first kappa shape index (κ1) is 18.5. The van der Waals surface area contributed by atoms with Crippen LogP contribution in [0.1, 0.15) is 58.8 Å². The first-order valence-electron chi connectivity index (χ1n) is 9.75. The number of fused-ring (bicyclic) bond motifs is 5. The number of aliphatic hydroxyl groups is 1. The SMILES string of the molecule is C[C@]12CCC(=O)C=C1CC[C@@H]1[C@@H]2C(=O)C[C@@]2(C)[C@H]1CC[C@]2(O)C(=O)CBr. The molecule has 3 fully saturated rings. The molecule has 0 spiro atoms. The molecule has 0 radical (unpaired) electrons. The standard InChI is InChI=1S/C21H27BrO4/c1-19-7-5-13(23)9-12(19)3-4-14-15-6-8-21(26,17(25)11-22)20(15,2)10-16(24)18(14)19/h9,14-15,18,26H,3-8,10-11H2,1-2H3/t14-,15-,18+,19-,20-,21-/m0/s1. The molecule has 0 aromatic rings. The molecular weight excluding hydrogens is 396 g/mol. The first-order valence-corrected chi connectivity index (χ1v) is 10.9. The number of ketones is 3. The Labute approximate surface area is 162 Å². The van der Waals surface area contributed by atoms with Crippen LogP contribution in [-0.2, 0) is 14.4 Å². The maximum absolute atomic E-state index is 13.4. The fourth-order valence-corrected chi connectivity index (χ4v) is 7.42. The van der Waals surface area contributed by atoms with Crippen LogP contribution in [0.2, 0.25) is 0 Å². The quantitative estimate of drug-likeness (QED) is 0.692. The van der Waals surface area contributed by atoms with Crippen LogP contribution in [0.3, 0.4) is 0 Å². The number of allylic oxidation sites excluding steroid dienone is 1. The van der Waals surface area contributed by atoms with Crippen LogP contribution in [0.5, 0.6) is 0 Å². The van der Waals surface area contributed by atoms with Crippen molar-refractivity contribution in [3.05, 3.63) is 11.6 Å². The lowest BCUT2D eigenvalue weighted by molar-refractivity contribution is -0.167. The van der Waals surface area contributed by atoms with Gasteiger partial charge in [0.15, 0.2) is 11.6 Å². The Kier molecular flexibility index (Phi) is 4.17. The third-order valence-corrected chi connectivity index (χ3v) is 8.90. The van der Waals surface area contributed by atoms with Gasteiger partial charge in [0.25, 0.3) is 0 Å². The Morgan fingerprint density at radius 2 is 1.96 bits per heavy atom. The lowest BCUT2D eigenvalue weighted by Crippen LogP contribution is -2.60. The molecule has 6 atom stereocenters. The predicted molar refractivity (Wildman–Crippen MR) is 101 cm³/mol. The molecule has 0 bridgehead atoms. The molecule has 4 aliphatic carbocycles. The van der Waals surface area contributed by atoms with Gasteiger partial charge in [0.1, 0.15) is 11.4 Å². The third kappa shape index (κ3) is 2.19. The molecule has 1 N–H and O–H groups in total. The molecule has 26 heavy (non-hydrogen) atoms. The van der Waals surface area contributed by atoms with Crippen molar-refractivity contribution in [2.75, 3.05) is 5.33 Å². The zero-order valence-corrected chi connectivity index (χ0v) is 17.1. The molecule has 0 saturated heterocycles. The number of halogens is 1. The first-order chi connectivity index (χ1) is 12.2. The third-order valence-electron chi connectivity index (χ3n) is 8.39. The zero-order chi connectivity index (χ0) is 18.9. The van der Waals surface area contributed by atoms with E-state index in [4.69, 9.17) is 0 Å². The average Bonchev–Trinajstić information content (AvgIpc) is 2.86. The monoisotopic (exact) mass is 422 g/mol. The van der Waals surface area contributed by atoms with Gasteiger partial charge >= 0.3 is 0 Å². The minimum absolute atomic E-state index is 0.0740. The van der Waals surface area contributed by atoms with Gasteiger partial charge in [-0.3, -0.25) is 14.4 Å². The highest BCUT2D eigenvalue weighted by Crippen LogP contribution is 2.66. The normalized spacial score (nSPS) is 47.7. The van der Waals surface area contributed by atoms with Gasteiger partial charge in [0, 0.05) is 24.2 Å². The number of rotatable bonds is 2. The second-order valence-corrected chi connectivity index (χ2v) is 9.92. The molecule has 5 heteroatoms. The van der Waals surface area contributed by atoms with Crippen molar-refractivity contribution >= 4 is 33.3 Å². The van der Waals surface area contributed by atoms with Gasteiger partial charge in [-0.25, -0.2) is 0 Å². The largest absolute Gasteiger partial charge is 0.381 e. The van der Waals surface area contributed by atoms with Crippen LogP contribution >= 0.6 is 15.9 Å². The lowest BCUT2D eigenvalue weighted by Gasteiger charge is -2.57. The maximum atomic E-state index is 13.4. The number of carbonyl (C=O) groups excluding carboxylic acids is 3. The van der Waals surface area contributed by atoms with Crippen molar-refractivity contribution in [3.63, 3.8) is 0 Å². The summed E-state index contributed by atoms with van der Waals surface area (Å²) in [6.45, 7) is 4.12. The smallest absolute Gasteiger partial charge is 0.175 e. The van der Waals surface area contributed by atoms with Crippen LogP contribution in [0.25, 0.3) is 0 Å². The van der Waals surface area contributed by atoms with E-state index in [2.05, 4.69) is 22.9 Å². The van der Waals surface area contributed by atoms with E-state index in [9.17, 15) is 19.5 Å². The van der Waals surface area contributed by atoms with Gasteiger partial charge in [-0.05, 0) is 55.4 Å². The van der Waals surface area contributed by atoms with Crippen LogP contribution in [-0.4, -0.2) is 33.4 Å². The van der Waals surface area contributed by atoms with Crippen molar-refractivity contribution < 1.29 is 19.5 Å². The summed E-state index contributed by atoms with van der Waals surface area (Å²) in [4.78, 5) is 37.8. The van der Waals surface area contributed by atoms with E-state index in [1.54, 1.807) is 6.08 Å². The number of Topliss-reactive ketones (excluding diaryl/α,β-unsaturated/α-hetero) is 2. The molecule has 0 amide bonds. The maximum Gasteiger partial charge on any atom is 0.175 e. The summed E-state index contributed by atoms with van der Waals surface area (Å²) >= 11 is 3.21. The Bertz CT molecular complexity index is 728. The summed E-state index contributed by atoms with van der Waals surface area (Å²) < 4.78 is 0. The van der Waals surface area contributed by atoms with E-state index < -0.39 is 11.0 Å². The highest BCUT2D eigenvalue weighted by molar-refractivity contribution is 9.09. The van der Waals surface area contributed by atoms with Crippen LogP contribution in [0.4, 0.5) is 0 Å². The van der Waals surface area contributed by atoms with Crippen LogP contribution < -0.4 is 0 Å². The van der Waals surface area contributed by atoms with E-state index in [0.29, 0.717) is 12.8 Å². The minimum atomic E-state index is -1.40. The Balaban J connectivity index is 1.75. The molecule has 0 aromatic heterocycles. The molecule has 4 aliphatic rings. The number of alkyl halides is 1. The molecule has 142 valence electrons. The Hall–Kier alpha value is -0.810. The Morgan fingerprint density at radius 1 is 1.23 bits per heavy atom. The van der Waals surface area contributed by atoms with Crippen molar-refractivity contribution in [2.45, 2.75) is 64.4 Å². The molecule has 0 aliphatic heterocycles. The second kappa shape index (κ2) is 5.84. The summed E-state index contributed by atoms with van der Waals surface area (Å²) in [5.74, 6) is 0.485. The van der Waals surface area contributed by atoms with E-state index in [-0.39, 0.29) is 52.3 Å². The van der Waals surface area contributed by atoms with E-state index in [1.807, 2.05) is 6.92 Å². The van der Waals surface area contributed by atoms with Gasteiger partial charge in [-0.2, -0.15) is 0 Å². The molecular formula is C21H27BrO4. The number of carbonyl (C=O) groups is 3. The lowest BCUT2D eigenvalue weighted by atomic mass is 9.46. The number of hydrogen-bond acceptors (Lipinski definition) is 4. The van der Waals surface area contributed by atoms with Gasteiger partial charge in [-0.15, -0.1) is 0 Å². The van der Waals surface area contributed by atoms with E-state index in [0.717, 1.165) is 31.3 Å². The summed E-state index contributed by atoms with van der Waals surface area (Å²) in [5.41, 5.74) is -1.15. The number of hydrogen-bond donors (Lipinski definition) is 1. The van der Waals surface area contributed by atoms with Crippen molar-refractivity contribution in [2.24, 2.45) is 28.6 Å². The highest BCUT2D eigenvalue weighted by Gasteiger charge is 2.68. The highest BCUT2D eigenvalue weighted by atomic mass is 79.9. The van der Waals surface area contributed by atoms with Crippen molar-refractivity contribution in [1.29, 1.82) is 0 Å². The average molecular weight is 423 g/mol. The fourth-order valence-electron chi connectivity index (χ4n) is 6.96. The minimum Gasteiger partial charge on any atom is -0.381 e. The topological polar surface area (TPSA) is 71.4 Å². The molecule has 0 unspecified atom stereocenters. The second-order valence-electron chi connectivity index (χ2n) is 9.36. The molecule has 0 heterocycles. The van der Waals surface area contributed by atoms with E-state index in [1.165, 1.54) is 0 Å². The predicted octanol–water partition coefficient (Wildman–Crippen LogP) is 3.39.